The van der Waals surface area contributed by atoms with Gasteiger partial charge in [-0.1, -0.05) is 29.8 Å². The van der Waals surface area contributed by atoms with Crippen molar-refractivity contribution in [1.29, 1.82) is 0 Å². The Bertz CT molecular complexity index is 1020. The van der Waals surface area contributed by atoms with Gasteiger partial charge in [-0.05, 0) is 37.6 Å². The molecule has 0 radical (unpaired) electrons. The molecule has 140 valence electrons. The van der Waals surface area contributed by atoms with Crippen molar-refractivity contribution in [1.82, 2.24) is 24.9 Å². The zero-order valence-corrected chi connectivity index (χ0v) is 15.9. The zero-order chi connectivity index (χ0) is 19.4. The molecule has 7 nitrogen and oxygen atoms in total. The summed E-state index contributed by atoms with van der Waals surface area (Å²) in [5, 5.41) is 12.1. The fourth-order valence-electron chi connectivity index (χ4n) is 2.75. The molecule has 0 unspecified atom stereocenters. The SMILES string of the molecule is Cc1cc(C)n(-c2ccc(=O)n(CCNC(=O)Cc3ccccc3Cl)n2)n1. The van der Waals surface area contributed by atoms with Gasteiger partial charge in [-0.2, -0.15) is 5.10 Å². The number of nitrogens with zero attached hydrogens (tertiary/aromatic N) is 4. The van der Waals surface area contributed by atoms with Crippen molar-refractivity contribution in [2.24, 2.45) is 0 Å². The van der Waals surface area contributed by atoms with E-state index in [2.05, 4.69) is 15.5 Å². The average molecular weight is 386 g/mol. The van der Waals surface area contributed by atoms with Crippen LogP contribution in [0.3, 0.4) is 0 Å². The third-order valence-electron chi connectivity index (χ3n) is 4.03. The maximum absolute atomic E-state index is 12.1. The summed E-state index contributed by atoms with van der Waals surface area (Å²) in [5.74, 6) is 0.397. The molecule has 1 aromatic carbocycles. The van der Waals surface area contributed by atoms with Crippen molar-refractivity contribution in [3.8, 4) is 5.82 Å². The van der Waals surface area contributed by atoms with Crippen LogP contribution in [0.5, 0.6) is 0 Å². The Labute approximate surface area is 161 Å². The molecule has 0 aliphatic rings. The molecule has 0 atom stereocenters. The monoisotopic (exact) mass is 385 g/mol. The van der Waals surface area contributed by atoms with Gasteiger partial charge in [0.15, 0.2) is 5.82 Å². The van der Waals surface area contributed by atoms with Crippen molar-refractivity contribution >= 4 is 17.5 Å². The van der Waals surface area contributed by atoms with Gasteiger partial charge in [0.1, 0.15) is 0 Å². The van der Waals surface area contributed by atoms with Crippen molar-refractivity contribution in [3.05, 3.63) is 74.8 Å². The first kappa shape index (κ1) is 18.8. The molecule has 2 heterocycles. The van der Waals surface area contributed by atoms with Gasteiger partial charge < -0.3 is 5.32 Å². The second-order valence-corrected chi connectivity index (χ2v) is 6.62. The van der Waals surface area contributed by atoms with Gasteiger partial charge in [-0.3, -0.25) is 9.59 Å². The first-order valence-corrected chi connectivity index (χ1v) is 8.94. The number of halogens is 1. The number of rotatable bonds is 6. The summed E-state index contributed by atoms with van der Waals surface area (Å²) in [5.41, 5.74) is 2.33. The van der Waals surface area contributed by atoms with Crippen LogP contribution in [0.4, 0.5) is 0 Å². The molecule has 0 saturated heterocycles. The number of carbonyl (C=O) groups excluding carboxylic acids is 1. The van der Waals surface area contributed by atoms with Crippen LogP contribution in [0.1, 0.15) is 17.0 Å². The summed E-state index contributed by atoms with van der Waals surface area (Å²) >= 11 is 6.07. The van der Waals surface area contributed by atoms with Crippen LogP contribution >= 0.6 is 11.6 Å². The predicted molar refractivity (Wildman–Crippen MR) is 103 cm³/mol. The number of amides is 1. The molecule has 1 amide bonds. The molecule has 0 bridgehead atoms. The Hall–Kier alpha value is -2.93. The summed E-state index contributed by atoms with van der Waals surface area (Å²) in [6.45, 7) is 4.37. The van der Waals surface area contributed by atoms with Crippen LogP contribution in [0.25, 0.3) is 5.82 Å². The Balaban J connectivity index is 1.63. The minimum absolute atomic E-state index is 0.161. The van der Waals surface area contributed by atoms with Crippen LogP contribution in [-0.2, 0) is 17.8 Å². The standard InChI is InChI=1S/C19H20ClN5O2/c1-13-11-14(2)25(22-13)17-7-8-19(27)24(23-17)10-9-21-18(26)12-15-5-3-4-6-16(15)20/h3-8,11H,9-10,12H2,1-2H3,(H,21,26). The minimum atomic E-state index is -0.236. The topological polar surface area (TPSA) is 81.8 Å². The lowest BCUT2D eigenvalue weighted by molar-refractivity contribution is -0.120. The van der Waals surface area contributed by atoms with E-state index in [1.807, 2.05) is 38.1 Å². The first-order chi connectivity index (χ1) is 12.9. The maximum Gasteiger partial charge on any atom is 0.266 e. The fourth-order valence-corrected chi connectivity index (χ4v) is 2.95. The molecular formula is C19H20ClN5O2. The summed E-state index contributed by atoms with van der Waals surface area (Å²) in [6, 6.07) is 12.2. The van der Waals surface area contributed by atoms with E-state index in [1.54, 1.807) is 16.8 Å². The highest BCUT2D eigenvalue weighted by Gasteiger charge is 2.09. The van der Waals surface area contributed by atoms with Crippen LogP contribution in [0.15, 0.2) is 47.3 Å². The highest BCUT2D eigenvalue weighted by Crippen LogP contribution is 2.15. The van der Waals surface area contributed by atoms with Crippen LogP contribution < -0.4 is 10.9 Å². The third kappa shape index (κ3) is 4.62. The molecular weight excluding hydrogens is 366 g/mol. The quantitative estimate of drug-likeness (QED) is 0.704. The Morgan fingerprint density at radius 2 is 1.93 bits per heavy atom. The number of hydrogen-bond acceptors (Lipinski definition) is 4. The molecule has 0 aliphatic heterocycles. The summed E-state index contributed by atoms with van der Waals surface area (Å²) in [4.78, 5) is 24.1. The molecule has 0 aliphatic carbocycles. The summed E-state index contributed by atoms with van der Waals surface area (Å²) in [6.07, 6.45) is 0.188. The summed E-state index contributed by atoms with van der Waals surface area (Å²) in [7, 11) is 0. The molecule has 0 spiro atoms. The molecule has 3 rings (SSSR count). The molecule has 0 fully saturated rings. The van der Waals surface area contributed by atoms with Gasteiger partial charge in [-0.15, -0.1) is 5.10 Å². The normalized spacial score (nSPS) is 10.8. The first-order valence-electron chi connectivity index (χ1n) is 8.56. The van der Waals surface area contributed by atoms with Gasteiger partial charge in [0, 0.05) is 23.3 Å². The molecule has 3 aromatic rings. The van der Waals surface area contributed by atoms with E-state index >= 15 is 0 Å². The van der Waals surface area contributed by atoms with Gasteiger partial charge in [0.05, 0.1) is 18.7 Å². The van der Waals surface area contributed by atoms with E-state index in [0.717, 1.165) is 17.0 Å². The number of hydrogen-bond donors (Lipinski definition) is 1. The zero-order valence-electron chi connectivity index (χ0n) is 15.1. The number of carbonyl (C=O) groups is 1. The van der Waals surface area contributed by atoms with Crippen molar-refractivity contribution in [2.75, 3.05) is 6.54 Å². The van der Waals surface area contributed by atoms with E-state index < -0.39 is 0 Å². The highest BCUT2D eigenvalue weighted by atomic mass is 35.5. The van der Waals surface area contributed by atoms with Crippen LogP contribution in [0.2, 0.25) is 5.02 Å². The third-order valence-corrected chi connectivity index (χ3v) is 4.40. The van der Waals surface area contributed by atoms with Crippen LogP contribution in [-0.4, -0.2) is 32.0 Å². The fraction of sp³-hybridized carbons (Fsp3) is 0.263. The Morgan fingerprint density at radius 1 is 1.15 bits per heavy atom. The van der Waals surface area contributed by atoms with Crippen molar-refractivity contribution in [2.45, 2.75) is 26.8 Å². The Kier molecular flexibility index (Phi) is 5.71. The largest absolute Gasteiger partial charge is 0.354 e. The second-order valence-electron chi connectivity index (χ2n) is 6.21. The molecule has 0 saturated carbocycles. The maximum atomic E-state index is 12.1. The number of benzene rings is 1. The molecule has 2 aromatic heterocycles. The molecule has 27 heavy (non-hydrogen) atoms. The van der Waals surface area contributed by atoms with Gasteiger partial charge in [-0.25, -0.2) is 9.36 Å². The van der Waals surface area contributed by atoms with E-state index in [4.69, 9.17) is 11.6 Å². The predicted octanol–water partition coefficient (Wildman–Crippen LogP) is 2.06. The van der Waals surface area contributed by atoms with E-state index in [-0.39, 0.29) is 31.0 Å². The van der Waals surface area contributed by atoms with Gasteiger partial charge in [0.25, 0.3) is 5.56 Å². The lowest BCUT2D eigenvalue weighted by atomic mass is 10.1. The lowest BCUT2D eigenvalue weighted by Crippen LogP contribution is -2.33. The van der Waals surface area contributed by atoms with E-state index in [0.29, 0.717) is 10.8 Å². The minimum Gasteiger partial charge on any atom is -0.354 e. The molecule has 8 heteroatoms. The average Bonchev–Trinajstić information content (AvgIpc) is 2.97. The lowest BCUT2D eigenvalue weighted by Gasteiger charge is -2.09. The van der Waals surface area contributed by atoms with Crippen LogP contribution in [0, 0.1) is 13.8 Å². The van der Waals surface area contributed by atoms with Gasteiger partial charge in [0.2, 0.25) is 5.91 Å². The smallest absolute Gasteiger partial charge is 0.266 e. The van der Waals surface area contributed by atoms with E-state index in [1.165, 1.54) is 10.7 Å². The van der Waals surface area contributed by atoms with Crippen molar-refractivity contribution < 1.29 is 4.79 Å². The Morgan fingerprint density at radius 3 is 2.63 bits per heavy atom. The highest BCUT2D eigenvalue weighted by molar-refractivity contribution is 6.31. The van der Waals surface area contributed by atoms with E-state index in [9.17, 15) is 9.59 Å². The molecule has 1 N–H and O–H groups in total. The summed E-state index contributed by atoms with van der Waals surface area (Å²) < 4.78 is 3.00. The second kappa shape index (κ2) is 8.18. The number of nitrogens with one attached hydrogen (secondary N) is 1. The number of aromatic nitrogens is 4. The van der Waals surface area contributed by atoms with Crippen molar-refractivity contribution in [3.63, 3.8) is 0 Å². The number of aryl methyl sites for hydroxylation is 2. The van der Waals surface area contributed by atoms with Gasteiger partial charge >= 0.3 is 0 Å².